The molecule has 0 aliphatic heterocycles. The number of aromatic nitrogens is 1. The van der Waals surface area contributed by atoms with Crippen LogP contribution < -0.4 is 20.1 Å². The quantitative estimate of drug-likeness (QED) is 0.848. The lowest BCUT2D eigenvalue weighted by Crippen LogP contribution is -2.23. The van der Waals surface area contributed by atoms with Crippen LogP contribution in [0.3, 0.4) is 0 Å². The van der Waals surface area contributed by atoms with E-state index in [0.29, 0.717) is 6.54 Å². The summed E-state index contributed by atoms with van der Waals surface area (Å²) < 4.78 is 10.9. The number of ether oxygens (including phenoxy) is 2. The van der Waals surface area contributed by atoms with Crippen molar-refractivity contribution in [1.29, 1.82) is 0 Å². The van der Waals surface area contributed by atoms with E-state index in [-0.39, 0.29) is 0 Å². The molecule has 5 heteroatoms. The molecule has 1 aromatic heterocycles. The Labute approximate surface area is 125 Å². The van der Waals surface area contributed by atoms with Crippen molar-refractivity contribution in [2.45, 2.75) is 6.42 Å². The Morgan fingerprint density at radius 2 is 1.76 bits per heavy atom. The summed E-state index contributed by atoms with van der Waals surface area (Å²) >= 11 is 0. The number of hydrogen-bond acceptors (Lipinski definition) is 5. The van der Waals surface area contributed by atoms with E-state index < -0.39 is 0 Å². The summed E-state index contributed by atoms with van der Waals surface area (Å²) in [4.78, 5) is 6.53. The number of methoxy groups -OCH3 is 2. The van der Waals surface area contributed by atoms with Crippen molar-refractivity contribution in [3.05, 3.63) is 42.6 Å². The molecule has 0 radical (unpaired) electrons. The van der Waals surface area contributed by atoms with Crippen LogP contribution in [0.4, 0.5) is 11.5 Å². The van der Waals surface area contributed by atoms with Crippen molar-refractivity contribution < 1.29 is 9.47 Å². The monoisotopic (exact) mass is 287 g/mol. The maximum absolute atomic E-state index is 5.66. The molecule has 0 spiro atoms. The van der Waals surface area contributed by atoms with Gasteiger partial charge in [0.2, 0.25) is 0 Å². The molecule has 0 fully saturated rings. The average Bonchev–Trinajstić information content (AvgIpc) is 2.56. The Hall–Kier alpha value is -2.27. The van der Waals surface area contributed by atoms with Crippen molar-refractivity contribution in [2.24, 2.45) is 5.73 Å². The summed E-state index contributed by atoms with van der Waals surface area (Å²) in [6.07, 6.45) is 2.60. The number of para-hydroxylation sites is 2. The number of nitrogens with two attached hydrogens (primary N) is 1. The van der Waals surface area contributed by atoms with Gasteiger partial charge in [0.1, 0.15) is 5.75 Å². The highest BCUT2D eigenvalue weighted by Gasteiger charge is 2.18. The Morgan fingerprint density at radius 3 is 2.48 bits per heavy atom. The van der Waals surface area contributed by atoms with Crippen molar-refractivity contribution in [3.8, 4) is 11.5 Å². The molecule has 0 atom stereocenters. The van der Waals surface area contributed by atoms with Crippen LogP contribution in [0.25, 0.3) is 0 Å². The second-order valence-electron chi connectivity index (χ2n) is 4.49. The van der Waals surface area contributed by atoms with Gasteiger partial charge in [0.25, 0.3) is 0 Å². The van der Waals surface area contributed by atoms with E-state index in [9.17, 15) is 0 Å². The van der Waals surface area contributed by atoms with Crippen LogP contribution in [0.15, 0.2) is 42.6 Å². The first-order valence-corrected chi connectivity index (χ1v) is 6.91. The zero-order valence-electron chi connectivity index (χ0n) is 12.5. The first-order valence-electron chi connectivity index (χ1n) is 6.91. The van der Waals surface area contributed by atoms with Gasteiger partial charge in [-0.15, -0.1) is 0 Å². The minimum Gasteiger partial charge on any atom is -0.495 e. The Morgan fingerprint density at radius 1 is 1.05 bits per heavy atom. The third-order valence-corrected chi connectivity index (χ3v) is 3.19. The topological polar surface area (TPSA) is 60.6 Å². The van der Waals surface area contributed by atoms with Crippen molar-refractivity contribution in [3.63, 3.8) is 0 Å². The van der Waals surface area contributed by atoms with Crippen LogP contribution in [0, 0.1) is 0 Å². The molecule has 0 unspecified atom stereocenters. The summed E-state index contributed by atoms with van der Waals surface area (Å²) in [7, 11) is 3.31. The first kappa shape index (κ1) is 15.1. The molecule has 2 rings (SSSR count). The molecule has 0 bridgehead atoms. The van der Waals surface area contributed by atoms with E-state index in [4.69, 9.17) is 15.2 Å². The SMILES string of the molecule is COc1ccccc1N(CCCN)c1ncccc1OC. The van der Waals surface area contributed by atoms with E-state index >= 15 is 0 Å². The van der Waals surface area contributed by atoms with E-state index in [0.717, 1.165) is 36.0 Å². The van der Waals surface area contributed by atoms with Gasteiger partial charge >= 0.3 is 0 Å². The fourth-order valence-electron chi connectivity index (χ4n) is 2.19. The summed E-state index contributed by atoms with van der Waals surface area (Å²) in [5.41, 5.74) is 6.61. The summed E-state index contributed by atoms with van der Waals surface area (Å²) in [5.74, 6) is 2.28. The van der Waals surface area contributed by atoms with E-state index in [1.165, 1.54) is 0 Å². The van der Waals surface area contributed by atoms with Gasteiger partial charge < -0.3 is 20.1 Å². The Bertz CT molecular complexity index is 527. The first-order chi connectivity index (χ1) is 10.3. The largest absolute Gasteiger partial charge is 0.495 e. The van der Waals surface area contributed by atoms with Crippen LogP contribution in [0.1, 0.15) is 6.42 Å². The molecule has 2 N–H and O–H groups in total. The fraction of sp³-hybridized carbons (Fsp3) is 0.312. The van der Waals surface area contributed by atoms with Crippen LogP contribution in [-0.4, -0.2) is 32.3 Å². The van der Waals surface area contributed by atoms with Gasteiger partial charge in [-0.05, 0) is 37.2 Å². The number of anilines is 2. The lowest BCUT2D eigenvalue weighted by molar-refractivity contribution is 0.410. The van der Waals surface area contributed by atoms with Gasteiger partial charge in [-0.25, -0.2) is 4.98 Å². The number of rotatable bonds is 7. The maximum Gasteiger partial charge on any atom is 0.175 e. The molecular weight excluding hydrogens is 266 g/mol. The van der Waals surface area contributed by atoms with Gasteiger partial charge in [0, 0.05) is 12.7 Å². The predicted octanol–water partition coefficient (Wildman–Crippen LogP) is 2.59. The van der Waals surface area contributed by atoms with Crippen molar-refractivity contribution in [2.75, 3.05) is 32.2 Å². The number of hydrogen-bond donors (Lipinski definition) is 1. The highest BCUT2D eigenvalue weighted by molar-refractivity contribution is 5.70. The molecule has 1 heterocycles. The molecule has 0 aliphatic carbocycles. The lowest BCUT2D eigenvalue weighted by Gasteiger charge is -2.26. The molecule has 5 nitrogen and oxygen atoms in total. The third kappa shape index (κ3) is 3.44. The van der Waals surface area contributed by atoms with Crippen LogP contribution in [0.5, 0.6) is 11.5 Å². The van der Waals surface area contributed by atoms with Gasteiger partial charge in [-0.1, -0.05) is 12.1 Å². The molecular formula is C16H21N3O2. The Balaban J connectivity index is 2.47. The Kier molecular flexibility index (Phi) is 5.40. The van der Waals surface area contributed by atoms with Crippen molar-refractivity contribution in [1.82, 2.24) is 4.98 Å². The van der Waals surface area contributed by atoms with Crippen LogP contribution in [0.2, 0.25) is 0 Å². The minimum absolute atomic E-state index is 0.612. The maximum atomic E-state index is 5.66. The van der Waals surface area contributed by atoms with E-state index in [1.54, 1.807) is 20.4 Å². The molecule has 2 aromatic rings. The molecule has 21 heavy (non-hydrogen) atoms. The van der Waals surface area contributed by atoms with Crippen LogP contribution >= 0.6 is 0 Å². The summed E-state index contributed by atoms with van der Waals surface area (Å²) in [6, 6.07) is 11.6. The van der Waals surface area contributed by atoms with Crippen LogP contribution in [-0.2, 0) is 0 Å². The molecule has 0 aliphatic rings. The lowest BCUT2D eigenvalue weighted by atomic mass is 10.2. The molecule has 112 valence electrons. The second-order valence-corrected chi connectivity index (χ2v) is 4.49. The normalized spacial score (nSPS) is 10.2. The van der Waals surface area contributed by atoms with E-state index in [1.807, 2.05) is 36.4 Å². The number of nitrogens with zero attached hydrogens (tertiary/aromatic N) is 2. The summed E-state index contributed by atoms with van der Waals surface area (Å²) in [5, 5.41) is 0. The minimum atomic E-state index is 0.612. The second kappa shape index (κ2) is 7.50. The zero-order valence-corrected chi connectivity index (χ0v) is 12.5. The molecule has 1 aromatic carbocycles. The number of pyridine rings is 1. The van der Waals surface area contributed by atoms with Gasteiger partial charge in [0.15, 0.2) is 11.6 Å². The average molecular weight is 287 g/mol. The fourth-order valence-corrected chi connectivity index (χ4v) is 2.19. The van der Waals surface area contributed by atoms with Gasteiger partial charge in [-0.3, -0.25) is 0 Å². The molecule has 0 saturated carbocycles. The smallest absolute Gasteiger partial charge is 0.175 e. The highest BCUT2D eigenvalue weighted by atomic mass is 16.5. The zero-order chi connectivity index (χ0) is 15.1. The summed E-state index contributed by atoms with van der Waals surface area (Å²) in [6.45, 7) is 1.35. The highest BCUT2D eigenvalue weighted by Crippen LogP contribution is 2.36. The van der Waals surface area contributed by atoms with Gasteiger partial charge in [-0.2, -0.15) is 0 Å². The van der Waals surface area contributed by atoms with E-state index in [2.05, 4.69) is 9.88 Å². The molecule has 0 saturated heterocycles. The number of benzene rings is 1. The standard InChI is InChI=1S/C16H21N3O2/c1-20-14-8-4-3-7-13(14)19(12-6-10-17)16-15(21-2)9-5-11-18-16/h3-5,7-9,11H,6,10,12,17H2,1-2H3. The third-order valence-electron chi connectivity index (χ3n) is 3.19. The predicted molar refractivity (Wildman–Crippen MR) is 84.5 cm³/mol. The molecule has 0 amide bonds. The van der Waals surface area contributed by atoms with Gasteiger partial charge in [0.05, 0.1) is 19.9 Å². The van der Waals surface area contributed by atoms with Crippen molar-refractivity contribution >= 4 is 11.5 Å².